The van der Waals surface area contributed by atoms with Crippen LogP contribution in [0.25, 0.3) is 0 Å². The highest BCUT2D eigenvalue weighted by atomic mass is 32.2. The number of amides is 1. The highest BCUT2D eigenvalue weighted by Gasteiger charge is 2.16. The van der Waals surface area contributed by atoms with Gasteiger partial charge in [-0.05, 0) is 36.8 Å². The van der Waals surface area contributed by atoms with Crippen molar-refractivity contribution >= 4 is 17.7 Å². The summed E-state index contributed by atoms with van der Waals surface area (Å²) in [5, 5.41) is 11.5. The molecule has 1 N–H and O–H groups in total. The SMILES string of the molecule is C=CCn1nnc(CSc2ccc(OC)cc2)c1CC(=O)NCc1ccc(C)cc1. The van der Waals surface area contributed by atoms with E-state index in [1.165, 1.54) is 5.56 Å². The molecule has 0 aliphatic heterocycles. The van der Waals surface area contributed by atoms with Crippen LogP contribution in [0.2, 0.25) is 0 Å². The van der Waals surface area contributed by atoms with Gasteiger partial charge in [-0.25, -0.2) is 4.68 Å². The average molecular weight is 423 g/mol. The standard InChI is InChI=1S/C23H26N4O2S/c1-4-13-27-22(14-23(28)24-15-18-7-5-17(2)6-8-18)21(25-26-27)16-30-20-11-9-19(29-3)10-12-20/h4-12H,1,13-16H2,2-3H3,(H,24,28). The Kier molecular flexibility index (Phi) is 7.68. The van der Waals surface area contributed by atoms with Gasteiger partial charge in [0.25, 0.3) is 0 Å². The fourth-order valence-corrected chi connectivity index (χ4v) is 3.74. The van der Waals surface area contributed by atoms with E-state index in [9.17, 15) is 4.79 Å². The number of benzene rings is 2. The molecule has 6 nitrogen and oxygen atoms in total. The fraction of sp³-hybridized carbons (Fsp3) is 0.261. The van der Waals surface area contributed by atoms with Crippen LogP contribution < -0.4 is 10.1 Å². The number of hydrogen-bond donors (Lipinski definition) is 1. The lowest BCUT2D eigenvalue weighted by atomic mass is 10.1. The van der Waals surface area contributed by atoms with Gasteiger partial charge in [0, 0.05) is 17.2 Å². The number of carbonyl (C=O) groups is 1. The van der Waals surface area contributed by atoms with E-state index in [4.69, 9.17) is 4.74 Å². The van der Waals surface area contributed by atoms with Gasteiger partial charge < -0.3 is 10.1 Å². The number of aryl methyl sites for hydroxylation is 1. The Morgan fingerprint density at radius 2 is 1.93 bits per heavy atom. The maximum atomic E-state index is 12.6. The van der Waals surface area contributed by atoms with Crippen LogP contribution in [0.3, 0.4) is 0 Å². The number of nitrogens with zero attached hydrogens (tertiary/aromatic N) is 3. The lowest BCUT2D eigenvalue weighted by Gasteiger charge is -2.09. The topological polar surface area (TPSA) is 69.0 Å². The summed E-state index contributed by atoms with van der Waals surface area (Å²) in [5.41, 5.74) is 3.89. The Hall–Kier alpha value is -3.06. The van der Waals surface area contributed by atoms with E-state index in [1.54, 1.807) is 29.6 Å². The molecule has 3 aromatic rings. The lowest BCUT2D eigenvalue weighted by molar-refractivity contribution is -0.120. The molecule has 30 heavy (non-hydrogen) atoms. The minimum Gasteiger partial charge on any atom is -0.497 e. The van der Waals surface area contributed by atoms with Gasteiger partial charge in [0.15, 0.2) is 0 Å². The van der Waals surface area contributed by atoms with Crippen molar-refractivity contribution in [3.05, 3.63) is 83.7 Å². The van der Waals surface area contributed by atoms with E-state index < -0.39 is 0 Å². The smallest absolute Gasteiger partial charge is 0.226 e. The second kappa shape index (κ2) is 10.6. The zero-order chi connectivity index (χ0) is 21.3. The molecule has 0 aliphatic carbocycles. The summed E-state index contributed by atoms with van der Waals surface area (Å²) in [6.45, 7) is 6.83. The molecule has 1 heterocycles. The van der Waals surface area contributed by atoms with Gasteiger partial charge in [-0.15, -0.1) is 23.4 Å². The first kappa shape index (κ1) is 21.6. The lowest BCUT2D eigenvalue weighted by Crippen LogP contribution is -2.26. The Morgan fingerprint density at radius 3 is 2.60 bits per heavy atom. The number of methoxy groups -OCH3 is 1. The predicted molar refractivity (Wildman–Crippen MR) is 120 cm³/mol. The molecule has 2 aromatic carbocycles. The maximum absolute atomic E-state index is 12.6. The number of allylic oxidation sites excluding steroid dienone is 1. The van der Waals surface area contributed by atoms with E-state index in [0.717, 1.165) is 27.6 Å². The minimum absolute atomic E-state index is 0.0566. The first-order valence-electron chi connectivity index (χ1n) is 9.70. The van der Waals surface area contributed by atoms with Gasteiger partial charge in [-0.1, -0.05) is 41.1 Å². The molecule has 0 unspecified atom stereocenters. The minimum atomic E-state index is -0.0566. The quantitative estimate of drug-likeness (QED) is 0.396. The molecule has 0 spiro atoms. The van der Waals surface area contributed by atoms with Crippen LogP contribution in [-0.4, -0.2) is 28.0 Å². The summed E-state index contributed by atoms with van der Waals surface area (Å²) < 4.78 is 6.94. The van der Waals surface area contributed by atoms with E-state index in [2.05, 4.69) is 22.2 Å². The Labute approximate surface area is 181 Å². The van der Waals surface area contributed by atoms with Crippen molar-refractivity contribution in [2.24, 2.45) is 0 Å². The number of ether oxygens (including phenoxy) is 1. The Bertz CT molecular complexity index is 981. The van der Waals surface area contributed by atoms with E-state index in [1.807, 2.05) is 55.5 Å². The molecule has 0 fully saturated rings. The van der Waals surface area contributed by atoms with E-state index in [0.29, 0.717) is 18.8 Å². The van der Waals surface area contributed by atoms with Crippen molar-refractivity contribution in [1.82, 2.24) is 20.3 Å². The average Bonchev–Trinajstić information content (AvgIpc) is 3.13. The number of carbonyl (C=O) groups excluding carboxylic acids is 1. The summed E-state index contributed by atoms with van der Waals surface area (Å²) in [7, 11) is 1.65. The van der Waals surface area contributed by atoms with Gasteiger partial charge >= 0.3 is 0 Å². The van der Waals surface area contributed by atoms with Crippen molar-refractivity contribution in [2.75, 3.05) is 7.11 Å². The third kappa shape index (κ3) is 5.97. The molecule has 0 radical (unpaired) electrons. The van der Waals surface area contributed by atoms with Crippen LogP contribution in [0.4, 0.5) is 0 Å². The van der Waals surface area contributed by atoms with Crippen LogP contribution in [-0.2, 0) is 30.1 Å². The van der Waals surface area contributed by atoms with Crippen LogP contribution >= 0.6 is 11.8 Å². The third-order valence-corrected chi connectivity index (χ3v) is 5.62. The summed E-state index contributed by atoms with van der Waals surface area (Å²) in [4.78, 5) is 13.7. The van der Waals surface area contributed by atoms with Gasteiger partial charge in [0.05, 0.1) is 31.5 Å². The first-order valence-corrected chi connectivity index (χ1v) is 10.7. The summed E-state index contributed by atoms with van der Waals surface area (Å²) in [5.74, 6) is 1.39. The summed E-state index contributed by atoms with van der Waals surface area (Å²) >= 11 is 1.65. The largest absolute Gasteiger partial charge is 0.497 e. The monoisotopic (exact) mass is 422 g/mol. The van der Waals surface area contributed by atoms with Gasteiger partial charge in [0.1, 0.15) is 5.75 Å². The predicted octanol–water partition coefficient (Wildman–Crippen LogP) is 3.93. The van der Waals surface area contributed by atoms with Crippen molar-refractivity contribution < 1.29 is 9.53 Å². The number of hydrogen-bond acceptors (Lipinski definition) is 5. The Morgan fingerprint density at radius 1 is 1.20 bits per heavy atom. The van der Waals surface area contributed by atoms with Crippen LogP contribution in [0, 0.1) is 6.92 Å². The number of aromatic nitrogens is 3. The van der Waals surface area contributed by atoms with Gasteiger partial charge in [-0.3, -0.25) is 4.79 Å². The van der Waals surface area contributed by atoms with Crippen molar-refractivity contribution in [3.63, 3.8) is 0 Å². The number of thioether (sulfide) groups is 1. The van der Waals surface area contributed by atoms with Crippen LogP contribution in [0.1, 0.15) is 22.5 Å². The summed E-state index contributed by atoms with van der Waals surface area (Å²) in [6.07, 6.45) is 1.98. The summed E-state index contributed by atoms with van der Waals surface area (Å²) in [6, 6.07) is 16.0. The van der Waals surface area contributed by atoms with Crippen molar-refractivity contribution in [2.45, 2.75) is 37.1 Å². The molecular weight excluding hydrogens is 396 g/mol. The van der Waals surface area contributed by atoms with Crippen LogP contribution in [0.5, 0.6) is 5.75 Å². The molecule has 0 atom stereocenters. The molecule has 156 valence electrons. The number of rotatable bonds is 10. The molecule has 0 saturated carbocycles. The molecular formula is C23H26N4O2S. The second-order valence-electron chi connectivity index (χ2n) is 6.86. The van der Waals surface area contributed by atoms with Crippen molar-refractivity contribution in [1.29, 1.82) is 0 Å². The molecule has 1 aromatic heterocycles. The molecule has 0 aliphatic rings. The van der Waals surface area contributed by atoms with Gasteiger partial charge in [-0.2, -0.15) is 0 Å². The van der Waals surface area contributed by atoms with Gasteiger partial charge in [0.2, 0.25) is 5.91 Å². The molecule has 7 heteroatoms. The molecule has 0 saturated heterocycles. The highest BCUT2D eigenvalue weighted by molar-refractivity contribution is 7.98. The zero-order valence-corrected chi connectivity index (χ0v) is 18.1. The highest BCUT2D eigenvalue weighted by Crippen LogP contribution is 2.25. The molecule has 3 rings (SSSR count). The first-order chi connectivity index (χ1) is 14.6. The fourth-order valence-electron chi connectivity index (χ4n) is 2.89. The second-order valence-corrected chi connectivity index (χ2v) is 7.91. The molecule has 0 bridgehead atoms. The van der Waals surface area contributed by atoms with E-state index in [-0.39, 0.29) is 12.3 Å². The zero-order valence-electron chi connectivity index (χ0n) is 17.3. The third-order valence-electron chi connectivity index (χ3n) is 4.59. The van der Waals surface area contributed by atoms with Crippen LogP contribution in [0.15, 0.2) is 66.1 Å². The maximum Gasteiger partial charge on any atom is 0.226 e. The number of nitrogens with one attached hydrogen (secondary N) is 1. The van der Waals surface area contributed by atoms with Crippen molar-refractivity contribution in [3.8, 4) is 5.75 Å². The Balaban J connectivity index is 1.64. The normalized spacial score (nSPS) is 10.6. The van der Waals surface area contributed by atoms with E-state index >= 15 is 0 Å². The molecule has 1 amide bonds.